The number of nitrogens with one attached hydrogen (secondary N) is 1. The van der Waals surface area contributed by atoms with Gasteiger partial charge in [0.05, 0.1) is 24.5 Å². The Morgan fingerprint density at radius 1 is 1.00 bits per heavy atom. The first-order valence-corrected chi connectivity index (χ1v) is 9.31. The van der Waals surface area contributed by atoms with E-state index in [0.717, 1.165) is 17.0 Å². The molecule has 134 valence electrons. The topological polar surface area (TPSA) is 60.5 Å². The van der Waals surface area contributed by atoms with E-state index in [2.05, 4.69) is 10.3 Å². The maximum Gasteiger partial charge on any atom is 0.261 e. The number of thiazole rings is 1. The minimum Gasteiger partial charge on any atom is -0.493 e. The summed E-state index contributed by atoms with van der Waals surface area (Å²) in [5.74, 6) is 1.10. The number of benzene rings is 2. The van der Waals surface area contributed by atoms with Crippen LogP contribution in [0.3, 0.4) is 0 Å². The highest BCUT2D eigenvalue weighted by Gasteiger charge is 2.15. The van der Waals surface area contributed by atoms with E-state index in [9.17, 15) is 4.79 Å². The monoisotopic (exact) mass is 368 g/mol. The van der Waals surface area contributed by atoms with Crippen LogP contribution < -0.4 is 14.8 Å². The van der Waals surface area contributed by atoms with E-state index in [1.807, 2.05) is 55.6 Å². The minimum atomic E-state index is -0.243. The van der Waals surface area contributed by atoms with Crippen molar-refractivity contribution in [2.24, 2.45) is 0 Å². The van der Waals surface area contributed by atoms with E-state index in [0.29, 0.717) is 29.7 Å². The molecular weight excluding hydrogens is 348 g/mol. The summed E-state index contributed by atoms with van der Waals surface area (Å²) in [7, 11) is 0. The molecule has 5 nitrogen and oxygen atoms in total. The van der Waals surface area contributed by atoms with Crippen LogP contribution in [0, 0.1) is 0 Å². The van der Waals surface area contributed by atoms with Gasteiger partial charge in [-0.2, -0.15) is 0 Å². The van der Waals surface area contributed by atoms with Crippen LogP contribution in [-0.2, 0) is 0 Å². The van der Waals surface area contributed by atoms with Crippen LogP contribution in [-0.4, -0.2) is 24.1 Å². The third kappa shape index (κ3) is 4.03. The van der Waals surface area contributed by atoms with E-state index in [1.165, 1.54) is 11.3 Å². The number of carbonyl (C=O) groups excluding carboxylic acids is 1. The van der Waals surface area contributed by atoms with Crippen molar-refractivity contribution in [2.45, 2.75) is 13.8 Å². The second-order valence-corrected chi connectivity index (χ2v) is 6.21. The molecule has 0 bridgehead atoms. The molecule has 0 spiro atoms. The molecule has 1 heterocycles. The smallest absolute Gasteiger partial charge is 0.261 e. The molecule has 1 aromatic heterocycles. The Morgan fingerprint density at radius 2 is 1.65 bits per heavy atom. The summed E-state index contributed by atoms with van der Waals surface area (Å²) in [6.45, 7) is 4.91. The van der Waals surface area contributed by atoms with Crippen LogP contribution in [0.4, 0.5) is 5.13 Å². The predicted octanol–water partition coefficient (Wildman–Crippen LogP) is 4.86. The van der Waals surface area contributed by atoms with Crippen LogP contribution >= 0.6 is 11.3 Å². The quantitative estimate of drug-likeness (QED) is 0.647. The maximum atomic E-state index is 12.6. The lowest BCUT2D eigenvalue weighted by Gasteiger charge is -2.09. The summed E-state index contributed by atoms with van der Waals surface area (Å²) in [4.78, 5) is 17.1. The van der Waals surface area contributed by atoms with Crippen molar-refractivity contribution in [2.75, 3.05) is 18.5 Å². The first-order chi connectivity index (χ1) is 12.7. The fourth-order valence-corrected chi connectivity index (χ4v) is 3.22. The Hall–Kier alpha value is -2.86. The molecule has 26 heavy (non-hydrogen) atoms. The molecular formula is C20H20N2O3S. The number of para-hydroxylation sites is 2. The molecule has 0 aliphatic rings. The van der Waals surface area contributed by atoms with Gasteiger partial charge in [-0.15, -0.1) is 11.3 Å². The third-order valence-electron chi connectivity index (χ3n) is 3.62. The largest absolute Gasteiger partial charge is 0.493 e. The molecule has 6 heteroatoms. The predicted molar refractivity (Wildman–Crippen MR) is 104 cm³/mol. The number of ether oxygens (including phenoxy) is 2. The lowest BCUT2D eigenvalue weighted by Crippen LogP contribution is -2.13. The molecule has 0 fully saturated rings. The molecule has 0 radical (unpaired) electrons. The van der Waals surface area contributed by atoms with Crippen molar-refractivity contribution in [3.8, 4) is 22.8 Å². The minimum absolute atomic E-state index is 0.243. The van der Waals surface area contributed by atoms with Crippen LogP contribution in [0.5, 0.6) is 11.5 Å². The van der Waals surface area contributed by atoms with Gasteiger partial charge in [-0.1, -0.05) is 24.3 Å². The second kappa shape index (κ2) is 8.49. The van der Waals surface area contributed by atoms with Gasteiger partial charge >= 0.3 is 0 Å². The zero-order valence-corrected chi connectivity index (χ0v) is 15.5. The Labute approximate surface area is 156 Å². The first kappa shape index (κ1) is 17.9. The standard InChI is InChI=1S/C20H20N2O3S/c1-3-24-17-11-7-5-9-14(17)16-13-26-20(21-16)22-19(23)15-10-6-8-12-18(15)25-4-2/h5-13H,3-4H2,1-2H3,(H,21,22,23). The maximum absolute atomic E-state index is 12.6. The highest BCUT2D eigenvalue weighted by atomic mass is 32.1. The number of carbonyl (C=O) groups is 1. The number of aromatic nitrogens is 1. The summed E-state index contributed by atoms with van der Waals surface area (Å²) >= 11 is 1.37. The second-order valence-electron chi connectivity index (χ2n) is 5.35. The summed E-state index contributed by atoms with van der Waals surface area (Å²) < 4.78 is 11.2. The van der Waals surface area contributed by atoms with Crippen LogP contribution in [0.25, 0.3) is 11.3 Å². The molecule has 3 aromatic rings. The van der Waals surface area contributed by atoms with Crippen molar-refractivity contribution in [1.29, 1.82) is 0 Å². The molecule has 3 rings (SSSR count). The zero-order valence-electron chi connectivity index (χ0n) is 14.7. The fourth-order valence-electron chi connectivity index (χ4n) is 2.51. The highest BCUT2D eigenvalue weighted by molar-refractivity contribution is 7.14. The van der Waals surface area contributed by atoms with Crippen LogP contribution in [0.15, 0.2) is 53.9 Å². The zero-order chi connectivity index (χ0) is 18.4. The Kier molecular flexibility index (Phi) is 5.86. The van der Waals surface area contributed by atoms with E-state index in [1.54, 1.807) is 12.1 Å². The van der Waals surface area contributed by atoms with Crippen molar-refractivity contribution >= 4 is 22.4 Å². The molecule has 0 atom stereocenters. The van der Waals surface area contributed by atoms with Crippen molar-refractivity contribution in [1.82, 2.24) is 4.98 Å². The molecule has 2 aromatic carbocycles. The summed E-state index contributed by atoms with van der Waals surface area (Å²) in [6, 6.07) is 14.9. The van der Waals surface area contributed by atoms with Crippen molar-refractivity contribution < 1.29 is 14.3 Å². The van der Waals surface area contributed by atoms with Gasteiger partial charge in [0.25, 0.3) is 5.91 Å². The van der Waals surface area contributed by atoms with Crippen LogP contribution in [0.2, 0.25) is 0 Å². The third-order valence-corrected chi connectivity index (χ3v) is 4.38. The van der Waals surface area contributed by atoms with Gasteiger partial charge in [0.2, 0.25) is 0 Å². The van der Waals surface area contributed by atoms with Gasteiger partial charge in [0, 0.05) is 10.9 Å². The number of hydrogen-bond acceptors (Lipinski definition) is 5. The highest BCUT2D eigenvalue weighted by Crippen LogP contribution is 2.32. The van der Waals surface area contributed by atoms with Gasteiger partial charge in [-0.05, 0) is 38.1 Å². The van der Waals surface area contributed by atoms with E-state index >= 15 is 0 Å². The van der Waals surface area contributed by atoms with E-state index in [4.69, 9.17) is 9.47 Å². The average Bonchev–Trinajstić information content (AvgIpc) is 3.11. The molecule has 0 saturated carbocycles. The number of anilines is 1. The molecule has 1 amide bonds. The summed E-state index contributed by atoms with van der Waals surface area (Å²) in [5.41, 5.74) is 2.16. The lowest BCUT2D eigenvalue weighted by molar-refractivity contribution is 0.102. The van der Waals surface area contributed by atoms with Gasteiger partial charge < -0.3 is 9.47 Å². The summed E-state index contributed by atoms with van der Waals surface area (Å²) in [6.07, 6.45) is 0. The lowest BCUT2D eigenvalue weighted by atomic mass is 10.1. The Morgan fingerprint density at radius 3 is 2.42 bits per heavy atom. The van der Waals surface area contributed by atoms with E-state index < -0.39 is 0 Å². The van der Waals surface area contributed by atoms with Crippen molar-refractivity contribution in [3.63, 3.8) is 0 Å². The molecule has 0 saturated heterocycles. The normalized spacial score (nSPS) is 10.4. The molecule has 0 aliphatic carbocycles. The van der Waals surface area contributed by atoms with Gasteiger partial charge in [0.15, 0.2) is 5.13 Å². The Balaban J connectivity index is 1.80. The summed E-state index contributed by atoms with van der Waals surface area (Å²) in [5, 5.41) is 5.28. The SMILES string of the molecule is CCOc1ccccc1C(=O)Nc1nc(-c2ccccc2OCC)cs1. The number of rotatable bonds is 7. The van der Waals surface area contributed by atoms with E-state index in [-0.39, 0.29) is 5.91 Å². The van der Waals surface area contributed by atoms with Gasteiger partial charge in [-0.3, -0.25) is 10.1 Å². The first-order valence-electron chi connectivity index (χ1n) is 8.43. The fraction of sp³-hybridized carbons (Fsp3) is 0.200. The number of hydrogen-bond donors (Lipinski definition) is 1. The van der Waals surface area contributed by atoms with Crippen LogP contribution in [0.1, 0.15) is 24.2 Å². The molecule has 0 unspecified atom stereocenters. The van der Waals surface area contributed by atoms with Crippen molar-refractivity contribution in [3.05, 3.63) is 59.5 Å². The molecule has 1 N–H and O–H groups in total. The number of amides is 1. The molecule has 0 aliphatic heterocycles. The van der Waals surface area contributed by atoms with Gasteiger partial charge in [-0.25, -0.2) is 4.98 Å². The number of nitrogens with zero attached hydrogens (tertiary/aromatic N) is 1. The van der Waals surface area contributed by atoms with Gasteiger partial charge in [0.1, 0.15) is 11.5 Å². The Bertz CT molecular complexity index is 892. The average molecular weight is 368 g/mol.